The molecule has 0 bridgehead atoms. The molecule has 2 aliphatic rings. The standard InChI is InChI=1S/C19H19ClN2O/c1-2-6-19-22-17(15-11-14(20)9-10-18(15)23-19)12-16(21-22)13-7-4-3-5-8-13/h3-5,7-11,17,19H,2,6,12H2,1H3. The third-order valence-corrected chi connectivity index (χ3v) is 4.71. The zero-order valence-corrected chi connectivity index (χ0v) is 13.8. The van der Waals surface area contributed by atoms with Crippen LogP contribution in [0.2, 0.25) is 5.02 Å². The van der Waals surface area contributed by atoms with Gasteiger partial charge in [0.05, 0.1) is 11.8 Å². The van der Waals surface area contributed by atoms with Gasteiger partial charge in [-0.15, -0.1) is 0 Å². The van der Waals surface area contributed by atoms with Crippen molar-refractivity contribution in [3.8, 4) is 5.75 Å². The number of benzene rings is 2. The quantitative estimate of drug-likeness (QED) is 0.792. The molecule has 0 saturated carbocycles. The Morgan fingerprint density at radius 2 is 2.04 bits per heavy atom. The molecule has 0 spiro atoms. The Labute approximate surface area is 141 Å². The summed E-state index contributed by atoms with van der Waals surface area (Å²) in [5.41, 5.74) is 3.44. The summed E-state index contributed by atoms with van der Waals surface area (Å²) < 4.78 is 6.19. The van der Waals surface area contributed by atoms with Crippen molar-refractivity contribution in [3.63, 3.8) is 0 Å². The van der Waals surface area contributed by atoms with Gasteiger partial charge in [-0.3, -0.25) is 5.01 Å². The Bertz CT molecular complexity index is 744. The van der Waals surface area contributed by atoms with Gasteiger partial charge in [0, 0.05) is 23.4 Å². The van der Waals surface area contributed by atoms with Gasteiger partial charge in [0.1, 0.15) is 5.75 Å². The van der Waals surface area contributed by atoms with Gasteiger partial charge in [-0.2, -0.15) is 5.10 Å². The molecule has 0 N–H and O–H groups in total. The van der Waals surface area contributed by atoms with E-state index in [-0.39, 0.29) is 12.3 Å². The Morgan fingerprint density at radius 1 is 1.22 bits per heavy atom. The zero-order valence-electron chi connectivity index (χ0n) is 13.1. The summed E-state index contributed by atoms with van der Waals surface area (Å²) in [4.78, 5) is 0. The van der Waals surface area contributed by atoms with Gasteiger partial charge in [0.25, 0.3) is 0 Å². The molecule has 0 amide bonds. The number of ether oxygens (including phenoxy) is 1. The van der Waals surface area contributed by atoms with Crippen molar-refractivity contribution in [2.24, 2.45) is 5.10 Å². The zero-order chi connectivity index (χ0) is 15.8. The van der Waals surface area contributed by atoms with Crippen molar-refractivity contribution in [3.05, 3.63) is 64.7 Å². The minimum atomic E-state index is -0.000104. The van der Waals surface area contributed by atoms with E-state index >= 15 is 0 Å². The summed E-state index contributed by atoms with van der Waals surface area (Å²) >= 11 is 6.21. The van der Waals surface area contributed by atoms with Gasteiger partial charge in [-0.1, -0.05) is 55.3 Å². The molecule has 2 aromatic rings. The molecule has 2 heterocycles. The number of halogens is 1. The Balaban J connectivity index is 1.74. The SMILES string of the molecule is CCCC1Oc2ccc(Cl)cc2C2CC(c3ccccc3)=NN12. The van der Waals surface area contributed by atoms with Crippen molar-refractivity contribution in [1.82, 2.24) is 5.01 Å². The molecule has 2 aliphatic heterocycles. The molecule has 3 nitrogen and oxygen atoms in total. The first-order chi connectivity index (χ1) is 11.3. The lowest BCUT2D eigenvalue weighted by atomic mass is 9.96. The van der Waals surface area contributed by atoms with Crippen LogP contribution in [-0.4, -0.2) is 16.9 Å². The third-order valence-electron chi connectivity index (χ3n) is 4.47. The van der Waals surface area contributed by atoms with Crippen LogP contribution in [0.5, 0.6) is 5.75 Å². The molecule has 4 rings (SSSR count). The van der Waals surface area contributed by atoms with Crippen LogP contribution >= 0.6 is 11.6 Å². The van der Waals surface area contributed by atoms with Crippen LogP contribution in [0.15, 0.2) is 53.6 Å². The second kappa shape index (κ2) is 5.89. The summed E-state index contributed by atoms with van der Waals surface area (Å²) in [5.74, 6) is 0.943. The Hall–Kier alpha value is -2.00. The summed E-state index contributed by atoms with van der Waals surface area (Å²) in [6.45, 7) is 2.17. The summed E-state index contributed by atoms with van der Waals surface area (Å²) in [7, 11) is 0. The van der Waals surface area contributed by atoms with Gasteiger partial charge < -0.3 is 4.74 Å². The number of hydrogen-bond donors (Lipinski definition) is 0. The highest BCUT2D eigenvalue weighted by Gasteiger charge is 2.39. The lowest BCUT2D eigenvalue weighted by Gasteiger charge is -2.38. The van der Waals surface area contributed by atoms with E-state index in [9.17, 15) is 0 Å². The van der Waals surface area contributed by atoms with E-state index in [2.05, 4.69) is 36.2 Å². The van der Waals surface area contributed by atoms with Gasteiger partial charge >= 0.3 is 0 Å². The minimum absolute atomic E-state index is 0.000104. The molecule has 2 aromatic carbocycles. The molecule has 2 unspecified atom stereocenters. The molecule has 0 fully saturated rings. The largest absolute Gasteiger partial charge is 0.469 e. The van der Waals surface area contributed by atoms with E-state index in [1.165, 1.54) is 5.56 Å². The topological polar surface area (TPSA) is 24.8 Å². The van der Waals surface area contributed by atoms with Crippen LogP contribution in [0.4, 0.5) is 0 Å². The Morgan fingerprint density at radius 3 is 2.83 bits per heavy atom. The number of nitrogens with zero attached hydrogens (tertiary/aromatic N) is 2. The first kappa shape index (κ1) is 14.6. The average molecular weight is 327 g/mol. The highest BCUT2D eigenvalue weighted by atomic mass is 35.5. The van der Waals surface area contributed by atoms with E-state index in [1.54, 1.807) is 0 Å². The highest BCUT2D eigenvalue weighted by Crippen LogP contribution is 2.44. The first-order valence-corrected chi connectivity index (χ1v) is 8.51. The molecular formula is C19H19ClN2O. The summed E-state index contributed by atoms with van der Waals surface area (Å²) in [6, 6.07) is 16.5. The Kier molecular flexibility index (Phi) is 3.74. The molecule has 0 aliphatic carbocycles. The van der Waals surface area contributed by atoms with Crippen molar-refractivity contribution < 1.29 is 4.74 Å². The fourth-order valence-electron chi connectivity index (χ4n) is 3.38. The van der Waals surface area contributed by atoms with Crippen LogP contribution < -0.4 is 4.74 Å². The second-order valence-corrected chi connectivity index (χ2v) is 6.49. The van der Waals surface area contributed by atoms with E-state index in [4.69, 9.17) is 21.4 Å². The minimum Gasteiger partial charge on any atom is -0.469 e. The van der Waals surface area contributed by atoms with Gasteiger partial charge in [0.2, 0.25) is 0 Å². The number of fused-ring (bicyclic) bond motifs is 3. The number of hydrazone groups is 1. The third kappa shape index (κ3) is 2.59. The van der Waals surface area contributed by atoms with Gasteiger partial charge in [0.15, 0.2) is 6.23 Å². The molecule has 4 heteroatoms. The summed E-state index contributed by atoms with van der Waals surface area (Å²) in [6.07, 6.45) is 2.91. The number of hydrogen-bond acceptors (Lipinski definition) is 3. The maximum Gasteiger partial charge on any atom is 0.187 e. The number of rotatable bonds is 3. The van der Waals surface area contributed by atoms with E-state index < -0.39 is 0 Å². The van der Waals surface area contributed by atoms with E-state index in [0.717, 1.165) is 41.3 Å². The van der Waals surface area contributed by atoms with Crippen molar-refractivity contribution in [1.29, 1.82) is 0 Å². The normalized spacial score (nSPS) is 22.2. The highest BCUT2D eigenvalue weighted by molar-refractivity contribution is 6.30. The van der Waals surface area contributed by atoms with E-state index in [1.807, 2.05) is 24.3 Å². The fraction of sp³-hybridized carbons (Fsp3) is 0.316. The molecule has 0 saturated heterocycles. The van der Waals surface area contributed by atoms with Crippen molar-refractivity contribution >= 4 is 17.3 Å². The van der Waals surface area contributed by atoms with Crippen LogP contribution in [0.3, 0.4) is 0 Å². The van der Waals surface area contributed by atoms with Crippen LogP contribution in [0.1, 0.15) is 43.4 Å². The van der Waals surface area contributed by atoms with Crippen LogP contribution in [-0.2, 0) is 0 Å². The first-order valence-electron chi connectivity index (χ1n) is 8.13. The predicted octanol–water partition coefficient (Wildman–Crippen LogP) is 5.01. The molecule has 2 atom stereocenters. The van der Waals surface area contributed by atoms with Crippen molar-refractivity contribution in [2.75, 3.05) is 0 Å². The predicted molar refractivity (Wildman–Crippen MR) is 93.0 cm³/mol. The molecule has 118 valence electrons. The van der Waals surface area contributed by atoms with Gasteiger partial charge in [-0.05, 0) is 23.8 Å². The lowest BCUT2D eigenvalue weighted by Crippen LogP contribution is -2.40. The van der Waals surface area contributed by atoms with E-state index in [0.29, 0.717) is 0 Å². The monoisotopic (exact) mass is 326 g/mol. The smallest absolute Gasteiger partial charge is 0.187 e. The van der Waals surface area contributed by atoms with Crippen LogP contribution in [0.25, 0.3) is 0 Å². The van der Waals surface area contributed by atoms with Gasteiger partial charge in [-0.25, -0.2) is 0 Å². The molecular weight excluding hydrogens is 308 g/mol. The molecule has 23 heavy (non-hydrogen) atoms. The fourth-order valence-corrected chi connectivity index (χ4v) is 3.56. The second-order valence-electron chi connectivity index (χ2n) is 6.06. The van der Waals surface area contributed by atoms with Crippen LogP contribution in [0, 0.1) is 0 Å². The van der Waals surface area contributed by atoms with Crippen molar-refractivity contribution in [2.45, 2.75) is 38.5 Å². The maximum atomic E-state index is 6.21. The lowest BCUT2D eigenvalue weighted by molar-refractivity contribution is -0.0223. The summed E-state index contributed by atoms with van der Waals surface area (Å²) in [5, 5.41) is 7.77. The molecule has 0 aromatic heterocycles. The molecule has 0 radical (unpaired) electrons. The average Bonchev–Trinajstić information content (AvgIpc) is 3.02. The maximum absolute atomic E-state index is 6.21.